The van der Waals surface area contributed by atoms with E-state index in [4.69, 9.17) is 5.11 Å². The van der Waals surface area contributed by atoms with Crippen LogP contribution < -0.4 is 4.90 Å². The zero-order valence-corrected chi connectivity index (χ0v) is 9.84. The largest absolute Gasteiger partial charge is 0.476 e. The second-order valence-electron chi connectivity index (χ2n) is 3.90. The maximum atomic E-state index is 11.0. The summed E-state index contributed by atoms with van der Waals surface area (Å²) in [5.74, 6) is -0.993. The lowest BCUT2D eigenvalue weighted by Gasteiger charge is -2.22. The number of carboxylic acid groups (broad SMARTS) is 1. The fourth-order valence-electron chi connectivity index (χ4n) is 1.34. The number of carboxylic acids is 1. The van der Waals surface area contributed by atoms with Gasteiger partial charge in [-0.25, -0.2) is 9.78 Å². The van der Waals surface area contributed by atoms with Gasteiger partial charge in [-0.2, -0.15) is 0 Å². The first-order valence-electron chi connectivity index (χ1n) is 5.06. The number of pyridine rings is 1. The van der Waals surface area contributed by atoms with Gasteiger partial charge in [0.1, 0.15) is 0 Å². The van der Waals surface area contributed by atoms with Crippen molar-refractivity contribution in [2.24, 2.45) is 0 Å². The van der Waals surface area contributed by atoms with Crippen molar-refractivity contribution >= 4 is 11.7 Å². The van der Waals surface area contributed by atoms with E-state index in [1.54, 1.807) is 12.1 Å². The van der Waals surface area contributed by atoms with Crippen molar-refractivity contribution in [2.45, 2.75) is 0 Å². The third-order valence-corrected chi connectivity index (χ3v) is 2.28. The predicted molar refractivity (Wildman–Crippen MR) is 63.0 cm³/mol. The first-order chi connectivity index (χ1) is 7.52. The Kier molecular flexibility index (Phi) is 4.25. The number of aromatic carboxylic acids is 1. The molecule has 5 heteroatoms. The Morgan fingerprint density at radius 1 is 1.38 bits per heavy atom. The van der Waals surface area contributed by atoms with Crippen molar-refractivity contribution in [3.8, 4) is 0 Å². The Balaban J connectivity index is 2.82. The van der Waals surface area contributed by atoms with Gasteiger partial charge >= 0.3 is 5.97 Å². The molecule has 0 saturated heterocycles. The molecule has 1 heterocycles. The monoisotopic (exact) mass is 223 g/mol. The molecule has 0 aliphatic carbocycles. The Bertz CT molecular complexity index is 366. The first kappa shape index (κ1) is 12.4. The highest BCUT2D eigenvalue weighted by atomic mass is 16.4. The Morgan fingerprint density at radius 2 is 2.06 bits per heavy atom. The molecule has 0 saturated carbocycles. The summed E-state index contributed by atoms with van der Waals surface area (Å²) in [5, 5.41) is 8.99. The molecule has 5 nitrogen and oxygen atoms in total. The summed E-state index contributed by atoms with van der Waals surface area (Å²) in [6.45, 7) is 1.63. The average Bonchev–Trinajstić information content (AvgIpc) is 2.25. The Morgan fingerprint density at radius 3 is 2.62 bits per heavy atom. The van der Waals surface area contributed by atoms with Crippen LogP contribution in [0.5, 0.6) is 0 Å². The van der Waals surface area contributed by atoms with Gasteiger partial charge < -0.3 is 14.9 Å². The van der Waals surface area contributed by atoms with E-state index in [2.05, 4.69) is 4.98 Å². The summed E-state index contributed by atoms with van der Waals surface area (Å²) >= 11 is 0. The molecule has 0 atom stereocenters. The lowest BCUT2D eigenvalue weighted by atomic mass is 10.2. The third kappa shape index (κ3) is 3.20. The van der Waals surface area contributed by atoms with Gasteiger partial charge in [-0.05, 0) is 26.2 Å². The molecule has 0 aliphatic heterocycles. The molecule has 0 fully saturated rings. The van der Waals surface area contributed by atoms with E-state index in [1.807, 2.05) is 30.9 Å². The van der Waals surface area contributed by atoms with E-state index in [0.717, 1.165) is 13.1 Å². The van der Waals surface area contributed by atoms with Crippen LogP contribution in [0.2, 0.25) is 0 Å². The van der Waals surface area contributed by atoms with Crippen molar-refractivity contribution in [3.05, 3.63) is 24.0 Å². The molecule has 0 spiro atoms. The van der Waals surface area contributed by atoms with E-state index in [-0.39, 0.29) is 5.69 Å². The summed E-state index contributed by atoms with van der Waals surface area (Å²) in [6.07, 6.45) is 1.49. The number of likely N-dealkylation sites (N-methyl/N-ethyl adjacent to an activating group) is 2. The fraction of sp³-hybridized carbons (Fsp3) is 0.455. The number of nitrogens with zero attached hydrogens (tertiary/aromatic N) is 3. The van der Waals surface area contributed by atoms with Crippen LogP contribution in [-0.4, -0.2) is 55.2 Å². The molecule has 1 rings (SSSR count). The molecule has 16 heavy (non-hydrogen) atoms. The van der Waals surface area contributed by atoms with Crippen molar-refractivity contribution in [1.29, 1.82) is 0 Å². The highest BCUT2D eigenvalue weighted by Crippen LogP contribution is 2.16. The highest BCUT2D eigenvalue weighted by molar-refractivity contribution is 5.92. The van der Waals surface area contributed by atoms with Gasteiger partial charge in [0.05, 0.1) is 5.69 Å². The zero-order valence-electron chi connectivity index (χ0n) is 9.84. The molecule has 0 aromatic carbocycles. The molecule has 1 aromatic rings. The molecule has 88 valence electrons. The van der Waals surface area contributed by atoms with Crippen LogP contribution in [-0.2, 0) is 0 Å². The standard InChI is InChI=1S/C11H17N3O2/c1-13(2)7-8-14(3)9-5-4-6-12-10(9)11(15)16/h4-6H,7-8H2,1-3H3,(H,15,16). The topological polar surface area (TPSA) is 56.7 Å². The first-order valence-corrected chi connectivity index (χ1v) is 5.06. The lowest BCUT2D eigenvalue weighted by Crippen LogP contribution is -2.29. The van der Waals surface area contributed by atoms with Crippen LogP contribution in [0.25, 0.3) is 0 Å². The molecule has 1 N–H and O–H groups in total. The normalized spacial score (nSPS) is 10.5. The van der Waals surface area contributed by atoms with Crippen LogP contribution >= 0.6 is 0 Å². The predicted octanol–water partition coefficient (Wildman–Crippen LogP) is 0.778. The molecule has 0 aliphatic rings. The molecular formula is C11H17N3O2. The summed E-state index contributed by atoms with van der Waals surface area (Å²) in [6, 6.07) is 3.51. The Hall–Kier alpha value is -1.62. The van der Waals surface area contributed by atoms with Gasteiger partial charge in [-0.3, -0.25) is 0 Å². The van der Waals surface area contributed by atoms with Gasteiger partial charge in [0.25, 0.3) is 0 Å². The van der Waals surface area contributed by atoms with Gasteiger partial charge in [0, 0.05) is 26.3 Å². The number of hydrogen-bond donors (Lipinski definition) is 1. The maximum Gasteiger partial charge on any atom is 0.356 e. The number of anilines is 1. The fourth-order valence-corrected chi connectivity index (χ4v) is 1.34. The van der Waals surface area contributed by atoms with Crippen LogP contribution in [0.15, 0.2) is 18.3 Å². The maximum absolute atomic E-state index is 11.0. The number of aromatic nitrogens is 1. The van der Waals surface area contributed by atoms with Gasteiger partial charge in [0.2, 0.25) is 0 Å². The van der Waals surface area contributed by atoms with E-state index >= 15 is 0 Å². The summed E-state index contributed by atoms with van der Waals surface area (Å²) in [5.41, 5.74) is 0.751. The second kappa shape index (κ2) is 5.46. The molecular weight excluding hydrogens is 206 g/mol. The minimum Gasteiger partial charge on any atom is -0.476 e. The minimum absolute atomic E-state index is 0.101. The highest BCUT2D eigenvalue weighted by Gasteiger charge is 2.13. The average molecular weight is 223 g/mol. The van der Waals surface area contributed by atoms with Crippen molar-refractivity contribution < 1.29 is 9.90 Å². The van der Waals surface area contributed by atoms with E-state index < -0.39 is 5.97 Å². The van der Waals surface area contributed by atoms with E-state index in [0.29, 0.717) is 5.69 Å². The minimum atomic E-state index is -0.993. The third-order valence-electron chi connectivity index (χ3n) is 2.28. The molecule has 0 amide bonds. The SMILES string of the molecule is CN(C)CCN(C)c1cccnc1C(=O)O. The smallest absolute Gasteiger partial charge is 0.356 e. The van der Waals surface area contributed by atoms with Crippen molar-refractivity contribution in [3.63, 3.8) is 0 Å². The van der Waals surface area contributed by atoms with E-state index in [1.165, 1.54) is 6.20 Å². The summed E-state index contributed by atoms with van der Waals surface area (Å²) < 4.78 is 0. The Labute approximate surface area is 95.3 Å². The quantitative estimate of drug-likeness (QED) is 0.799. The summed E-state index contributed by atoms with van der Waals surface area (Å²) in [4.78, 5) is 18.8. The second-order valence-corrected chi connectivity index (χ2v) is 3.90. The van der Waals surface area contributed by atoms with Gasteiger partial charge in [-0.1, -0.05) is 0 Å². The molecule has 0 radical (unpaired) electrons. The van der Waals surface area contributed by atoms with Crippen molar-refractivity contribution in [2.75, 3.05) is 39.1 Å². The molecule has 0 bridgehead atoms. The number of carbonyl (C=O) groups is 1. The van der Waals surface area contributed by atoms with E-state index in [9.17, 15) is 4.79 Å². The number of rotatable bonds is 5. The zero-order chi connectivity index (χ0) is 12.1. The van der Waals surface area contributed by atoms with Crippen LogP contribution in [0.3, 0.4) is 0 Å². The molecule has 1 aromatic heterocycles. The van der Waals surface area contributed by atoms with Crippen molar-refractivity contribution in [1.82, 2.24) is 9.88 Å². The van der Waals surface area contributed by atoms with Gasteiger partial charge in [-0.15, -0.1) is 0 Å². The molecule has 0 unspecified atom stereocenters. The van der Waals surface area contributed by atoms with Crippen LogP contribution in [0.4, 0.5) is 5.69 Å². The van der Waals surface area contributed by atoms with Crippen LogP contribution in [0, 0.1) is 0 Å². The number of hydrogen-bond acceptors (Lipinski definition) is 4. The summed E-state index contributed by atoms with van der Waals surface area (Å²) in [7, 11) is 5.83. The van der Waals surface area contributed by atoms with Crippen LogP contribution in [0.1, 0.15) is 10.5 Å². The lowest BCUT2D eigenvalue weighted by molar-refractivity contribution is 0.0691. The van der Waals surface area contributed by atoms with Gasteiger partial charge in [0.15, 0.2) is 5.69 Å².